The quantitative estimate of drug-likeness (QED) is 0.379. The van der Waals surface area contributed by atoms with Crippen LogP contribution < -0.4 is 10.7 Å². The molecule has 6 rings (SSSR count). The third-order valence-electron chi connectivity index (χ3n) is 6.03. The first-order chi connectivity index (χ1) is 16.7. The molecule has 0 amide bonds. The lowest BCUT2D eigenvalue weighted by molar-refractivity contribution is 0.367. The third-order valence-corrected chi connectivity index (χ3v) is 6.28. The minimum absolute atomic E-state index is 0.000418. The van der Waals surface area contributed by atoms with Gasteiger partial charge in [0.1, 0.15) is 6.54 Å². The van der Waals surface area contributed by atoms with Gasteiger partial charge in [-0.1, -0.05) is 11.6 Å². The van der Waals surface area contributed by atoms with Gasteiger partial charge in [0.25, 0.3) is 0 Å². The lowest BCUT2D eigenvalue weighted by Crippen LogP contribution is -2.38. The molecule has 1 saturated heterocycles. The van der Waals surface area contributed by atoms with E-state index >= 15 is 0 Å². The maximum absolute atomic E-state index is 12.5. The zero-order valence-corrected chi connectivity index (χ0v) is 18.8. The normalized spacial score (nSPS) is 14.8. The van der Waals surface area contributed by atoms with Crippen LogP contribution in [0.15, 0.2) is 64.2 Å². The summed E-state index contributed by atoms with van der Waals surface area (Å²) < 4.78 is 9.06. The van der Waals surface area contributed by atoms with E-state index in [1.807, 2.05) is 28.8 Å². The van der Waals surface area contributed by atoms with Crippen molar-refractivity contribution in [3.63, 3.8) is 0 Å². The van der Waals surface area contributed by atoms with E-state index in [1.165, 1.54) is 0 Å². The molecule has 4 aromatic heterocycles. The Bertz CT molecular complexity index is 1480. The van der Waals surface area contributed by atoms with Crippen LogP contribution in [0, 0.1) is 0 Å². The van der Waals surface area contributed by atoms with Crippen molar-refractivity contribution in [2.24, 2.45) is 0 Å². The molecular weight excluding hydrogens is 458 g/mol. The molecule has 0 bridgehead atoms. The van der Waals surface area contributed by atoms with Gasteiger partial charge in [-0.15, -0.1) is 10.2 Å². The van der Waals surface area contributed by atoms with Gasteiger partial charge in [0.15, 0.2) is 17.1 Å². The molecule has 34 heavy (non-hydrogen) atoms. The predicted molar refractivity (Wildman–Crippen MR) is 124 cm³/mol. The molecule has 11 nitrogen and oxygen atoms in total. The Morgan fingerprint density at radius 3 is 2.53 bits per heavy atom. The topological polar surface area (TPSA) is 113 Å². The summed E-state index contributed by atoms with van der Waals surface area (Å²) in [5.74, 6) is 1.06. The fraction of sp³-hybridized carbons (Fsp3) is 0.273. The molecule has 172 valence electrons. The number of hydrogen-bond acceptors (Lipinski definition) is 8. The van der Waals surface area contributed by atoms with Gasteiger partial charge in [-0.2, -0.15) is 15.0 Å². The summed E-state index contributed by atoms with van der Waals surface area (Å²) in [6.45, 7) is 1.77. The molecule has 0 unspecified atom stereocenters. The first kappa shape index (κ1) is 20.6. The van der Waals surface area contributed by atoms with E-state index in [0.29, 0.717) is 41.7 Å². The third kappa shape index (κ3) is 3.63. The molecule has 12 heteroatoms. The highest BCUT2D eigenvalue weighted by molar-refractivity contribution is 6.30. The highest BCUT2D eigenvalue weighted by Crippen LogP contribution is 2.29. The Kier molecular flexibility index (Phi) is 5.10. The van der Waals surface area contributed by atoms with Crippen molar-refractivity contribution in [3.8, 4) is 5.69 Å². The zero-order chi connectivity index (χ0) is 23.1. The number of anilines is 1. The van der Waals surface area contributed by atoms with Gasteiger partial charge in [0.2, 0.25) is 5.95 Å². The smallest absolute Gasteiger partial charge is 0.406 e. The molecule has 1 fully saturated rings. The number of hydrogen-bond donors (Lipinski definition) is 0. The van der Waals surface area contributed by atoms with Gasteiger partial charge in [-0.25, -0.2) is 9.78 Å². The van der Waals surface area contributed by atoms with Crippen LogP contribution in [0.3, 0.4) is 0 Å². The van der Waals surface area contributed by atoms with Crippen LogP contribution >= 0.6 is 11.6 Å². The zero-order valence-electron chi connectivity index (χ0n) is 18.0. The Balaban J connectivity index is 1.30. The minimum atomic E-state index is -0.370. The van der Waals surface area contributed by atoms with Crippen molar-refractivity contribution >= 4 is 28.8 Å². The van der Waals surface area contributed by atoms with E-state index in [9.17, 15) is 4.79 Å². The largest absolute Gasteiger partial charge is 0.421 e. The average molecular weight is 478 g/mol. The number of aromatic nitrogens is 8. The van der Waals surface area contributed by atoms with E-state index in [1.54, 1.807) is 40.1 Å². The van der Waals surface area contributed by atoms with E-state index in [0.717, 1.165) is 24.5 Å². The molecule has 0 atom stereocenters. The van der Waals surface area contributed by atoms with Crippen molar-refractivity contribution in [2.75, 3.05) is 18.0 Å². The highest BCUT2D eigenvalue weighted by atomic mass is 35.5. The van der Waals surface area contributed by atoms with Crippen molar-refractivity contribution < 1.29 is 4.42 Å². The Morgan fingerprint density at radius 1 is 1.00 bits per heavy atom. The van der Waals surface area contributed by atoms with Crippen LogP contribution in [0.4, 0.5) is 5.95 Å². The highest BCUT2D eigenvalue weighted by Gasteiger charge is 2.28. The molecule has 5 aromatic rings. The number of pyridine rings is 1. The summed E-state index contributed by atoms with van der Waals surface area (Å²) >= 11 is 6.12. The van der Waals surface area contributed by atoms with E-state index in [4.69, 9.17) is 16.0 Å². The number of halogens is 1. The number of rotatable bonds is 5. The lowest BCUT2D eigenvalue weighted by atomic mass is 10.1. The molecule has 0 N–H and O–H groups in total. The number of nitrogens with zero attached hydrogens (tertiary/aromatic N) is 9. The molecule has 5 heterocycles. The van der Waals surface area contributed by atoms with Crippen molar-refractivity contribution in [1.82, 2.24) is 39.3 Å². The first-order valence-electron chi connectivity index (χ1n) is 10.9. The molecule has 0 spiro atoms. The Morgan fingerprint density at radius 2 is 1.76 bits per heavy atom. The first-order valence-corrected chi connectivity index (χ1v) is 11.3. The van der Waals surface area contributed by atoms with Crippen LogP contribution in [-0.2, 0) is 6.54 Å². The predicted octanol–water partition coefficient (Wildman–Crippen LogP) is 2.70. The second-order valence-corrected chi connectivity index (χ2v) is 8.51. The lowest BCUT2D eigenvalue weighted by Gasteiger charge is -2.32. The number of fused-ring (bicyclic) bond motifs is 1. The van der Waals surface area contributed by atoms with Gasteiger partial charge in [0.05, 0.1) is 18.1 Å². The van der Waals surface area contributed by atoms with Gasteiger partial charge in [-0.3, -0.25) is 9.13 Å². The maximum Gasteiger partial charge on any atom is 0.421 e. The standard InChI is InChI=1S/C22H20ClN9O2/c23-15-3-5-16(6-4-15)31-19(14-30-25-10-11-26-30)27-28-21(31)29-12-7-17(8-13-29)32-20-18(34-22(32)33)2-1-9-24-20/h1-6,9-11,17H,7-8,12-14H2. The summed E-state index contributed by atoms with van der Waals surface area (Å²) in [5, 5.41) is 18.0. The van der Waals surface area contributed by atoms with Crippen molar-refractivity contribution in [3.05, 3.63) is 76.4 Å². The average Bonchev–Trinajstić information content (AvgIpc) is 3.59. The summed E-state index contributed by atoms with van der Waals surface area (Å²) in [6, 6.07) is 11.1. The summed E-state index contributed by atoms with van der Waals surface area (Å²) in [5.41, 5.74) is 1.99. The van der Waals surface area contributed by atoms with Gasteiger partial charge < -0.3 is 9.32 Å². The fourth-order valence-electron chi connectivity index (χ4n) is 4.44. The van der Waals surface area contributed by atoms with Crippen molar-refractivity contribution in [1.29, 1.82) is 0 Å². The fourth-order valence-corrected chi connectivity index (χ4v) is 4.57. The minimum Gasteiger partial charge on any atom is -0.406 e. The molecule has 1 aromatic carbocycles. The van der Waals surface area contributed by atoms with Crippen LogP contribution in [-0.4, -0.2) is 52.4 Å². The molecule has 1 aliphatic heterocycles. The van der Waals surface area contributed by atoms with E-state index < -0.39 is 0 Å². The summed E-state index contributed by atoms with van der Waals surface area (Å²) in [4.78, 5) is 20.6. The maximum atomic E-state index is 12.5. The Labute approximate surface area is 198 Å². The van der Waals surface area contributed by atoms with Gasteiger partial charge >= 0.3 is 5.76 Å². The van der Waals surface area contributed by atoms with Crippen LogP contribution in [0.5, 0.6) is 0 Å². The molecule has 0 aliphatic carbocycles. The summed E-state index contributed by atoms with van der Waals surface area (Å²) in [7, 11) is 0. The molecule has 0 radical (unpaired) electrons. The second-order valence-electron chi connectivity index (χ2n) is 8.07. The molecule has 0 saturated carbocycles. The number of piperidine rings is 1. The number of benzene rings is 1. The second kappa shape index (κ2) is 8.41. The molecular formula is C22H20ClN9O2. The van der Waals surface area contributed by atoms with E-state index in [2.05, 4.69) is 30.3 Å². The van der Waals surface area contributed by atoms with Gasteiger partial charge in [-0.05, 0) is 49.2 Å². The Hall–Kier alpha value is -3.99. The van der Waals surface area contributed by atoms with Crippen LogP contribution in [0.1, 0.15) is 24.7 Å². The monoisotopic (exact) mass is 477 g/mol. The summed E-state index contributed by atoms with van der Waals surface area (Å²) in [6.07, 6.45) is 6.42. The van der Waals surface area contributed by atoms with Crippen LogP contribution in [0.25, 0.3) is 16.9 Å². The van der Waals surface area contributed by atoms with E-state index in [-0.39, 0.29) is 11.8 Å². The SMILES string of the molecule is O=c1oc2cccnc2n1C1CCN(c2nnc(Cn3nccn3)n2-c2ccc(Cl)cc2)CC1. The van der Waals surface area contributed by atoms with Crippen molar-refractivity contribution in [2.45, 2.75) is 25.4 Å². The van der Waals surface area contributed by atoms with Crippen LogP contribution in [0.2, 0.25) is 5.02 Å². The molecule has 1 aliphatic rings. The van der Waals surface area contributed by atoms with Gasteiger partial charge in [0, 0.05) is 30.4 Å². The number of oxazole rings is 1.